The molecule has 0 saturated heterocycles. The summed E-state index contributed by atoms with van der Waals surface area (Å²) >= 11 is 3.33. The number of nitrogens with one attached hydrogen (secondary N) is 2. The first-order valence-corrected chi connectivity index (χ1v) is 5.63. The van der Waals surface area contributed by atoms with Gasteiger partial charge in [-0.3, -0.25) is 9.89 Å². The molecular weight excluding hydrogens is 286 g/mol. The first kappa shape index (κ1) is 11.7. The van der Waals surface area contributed by atoms with Gasteiger partial charge in [0, 0.05) is 11.8 Å². The zero-order valence-electron chi connectivity index (χ0n) is 9.03. The van der Waals surface area contributed by atoms with Gasteiger partial charge in [0.25, 0.3) is 5.91 Å². The molecule has 6 heteroatoms. The number of carbonyl (C=O) groups is 1. The summed E-state index contributed by atoms with van der Waals surface area (Å²) in [6, 6.07) is 5.13. The lowest BCUT2D eigenvalue weighted by atomic mass is 10.2. The summed E-state index contributed by atoms with van der Waals surface area (Å²) in [5.74, 6) is 0.486. The Balaban J connectivity index is 2.17. The number of halogens is 1. The van der Waals surface area contributed by atoms with Crippen LogP contribution in [0.1, 0.15) is 10.4 Å². The first-order valence-electron chi connectivity index (χ1n) is 4.84. The minimum atomic E-state index is -0.199. The molecule has 0 fully saturated rings. The Bertz CT molecular complexity index is 526. The average Bonchev–Trinajstić information content (AvgIpc) is 2.81. The highest BCUT2D eigenvalue weighted by molar-refractivity contribution is 9.10. The number of hydrogen-bond acceptors (Lipinski definition) is 3. The number of rotatable bonds is 3. The fourth-order valence-electron chi connectivity index (χ4n) is 1.33. The normalized spacial score (nSPS) is 10.0. The van der Waals surface area contributed by atoms with E-state index >= 15 is 0 Å². The second-order valence-electron chi connectivity index (χ2n) is 3.29. The van der Waals surface area contributed by atoms with Crippen LogP contribution < -0.4 is 10.1 Å². The molecule has 0 bridgehead atoms. The van der Waals surface area contributed by atoms with Crippen molar-refractivity contribution in [1.29, 1.82) is 0 Å². The fraction of sp³-hybridized carbons (Fsp3) is 0.0909. The number of aromatic amines is 1. The van der Waals surface area contributed by atoms with E-state index in [-0.39, 0.29) is 5.91 Å². The lowest BCUT2D eigenvalue weighted by Crippen LogP contribution is -2.11. The van der Waals surface area contributed by atoms with Gasteiger partial charge in [-0.1, -0.05) is 0 Å². The number of carbonyl (C=O) groups excluding carboxylic acids is 1. The second kappa shape index (κ2) is 5.01. The predicted molar refractivity (Wildman–Crippen MR) is 67.2 cm³/mol. The van der Waals surface area contributed by atoms with Gasteiger partial charge in [-0.25, -0.2) is 0 Å². The summed E-state index contributed by atoms with van der Waals surface area (Å²) in [6.45, 7) is 0. The van der Waals surface area contributed by atoms with Crippen LogP contribution in [0.5, 0.6) is 5.75 Å². The molecule has 0 atom stereocenters. The van der Waals surface area contributed by atoms with Crippen molar-refractivity contribution < 1.29 is 9.53 Å². The maximum atomic E-state index is 11.8. The van der Waals surface area contributed by atoms with Crippen molar-refractivity contribution in [3.63, 3.8) is 0 Å². The van der Waals surface area contributed by atoms with E-state index in [9.17, 15) is 4.79 Å². The number of amides is 1. The third-order valence-electron chi connectivity index (χ3n) is 2.17. The van der Waals surface area contributed by atoms with E-state index in [4.69, 9.17) is 4.74 Å². The van der Waals surface area contributed by atoms with Gasteiger partial charge in [-0.15, -0.1) is 0 Å². The monoisotopic (exact) mass is 295 g/mol. The molecule has 2 aromatic rings. The van der Waals surface area contributed by atoms with E-state index in [0.717, 1.165) is 4.47 Å². The smallest absolute Gasteiger partial charge is 0.255 e. The summed E-state index contributed by atoms with van der Waals surface area (Å²) in [5, 5.41) is 9.08. The van der Waals surface area contributed by atoms with Gasteiger partial charge >= 0.3 is 0 Å². The number of H-pyrrole nitrogens is 1. The summed E-state index contributed by atoms with van der Waals surface area (Å²) < 4.78 is 5.83. The third-order valence-corrected chi connectivity index (χ3v) is 2.79. The number of nitrogens with zero attached hydrogens (tertiary/aromatic N) is 1. The Hall–Kier alpha value is -1.82. The molecular formula is C11H10BrN3O2. The van der Waals surface area contributed by atoms with E-state index in [0.29, 0.717) is 17.0 Å². The Morgan fingerprint density at radius 1 is 1.53 bits per heavy atom. The first-order chi connectivity index (χ1) is 8.20. The molecule has 0 aliphatic rings. The lowest BCUT2D eigenvalue weighted by Gasteiger charge is -2.06. The fourth-order valence-corrected chi connectivity index (χ4v) is 1.87. The number of benzene rings is 1. The van der Waals surface area contributed by atoms with Gasteiger partial charge in [-0.05, 0) is 34.1 Å². The van der Waals surface area contributed by atoms with E-state index in [1.807, 2.05) is 0 Å². The van der Waals surface area contributed by atoms with Gasteiger partial charge in [0.05, 0.1) is 23.5 Å². The van der Waals surface area contributed by atoms with Crippen molar-refractivity contribution in [2.24, 2.45) is 0 Å². The van der Waals surface area contributed by atoms with E-state index in [1.54, 1.807) is 31.5 Å². The third kappa shape index (κ3) is 2.65. The highest BCUT2D eigenvalue weighted by Crippen LogP contribution is 2.25. The zero-order valence-corrected chi connectivity index (χ0v) is 10.6. The highest BCUT2D eigenvalue weighted by Gasteiger charge is 2.09. The van der Waals surface area contributed by atoms with Gasteiger partial charge in [-0.2, -0.15) is 5.10 Å². The molecule has 0 radical (unpaired) electrons. The molecule has 2 rings (SSSR count). The average molecular weight is 296 g/mol. The summed E-state index contributed by atoms with van der Waals surface area (Å²) in [6.07, 6.45) is 3.15. The molecule has 0 aliphatic carbocycles. The Kier molecular flexibility index (Phi) is 3.43. The van der Waals surface area contributed by atoms with Crippen molar-refractivity contribution in [3.8, 4) is 5.75 Å². The molecule has 1 amide bonds. The molecule has 0 spiro atoms. The number of aromatic nitrogens is 2. The van der Waals surface area contributed by atoms with Crippen LogP contribution in [0.4, 0.5) is 5.69 Å². The largest absolute Gasteiger partial charge is 0.496 e. The summed E-state index contributed by atoms with van der Waals surface area (Å²) in [7, 11) is 1.57. The van der Waals surface area contributed by atoms with Crippen LogP contribution in [0, 0.1) is 0 Å². The molecule has 1 aromatic carbocycles. The maximum absolute atomic E-state index is 11.8. The minimum Gasteiger partial charge on any atom is -0.496 e. The molecule has 1 aromatic heterocycles. The van der Waals surface area contributed by atoms with E-state index in [2.05, 4.69) is 31.4 Å². The SMILES string of the molecule is COc1ccc(C(=O)Nc2cn[nH]c2)cc1Br. The zero-order chi connectivity index (χ0) is 12.3. The van der Waals surface area contributed by atoms with Crippen LogP contribution in [-0.2, 0) is 0 Å². The second-order valence-corrected chi connectivity index (χ2v) is 4.14. The van der Waals surface area contributed by atoms with Crippen molar-refractivity contribution >= 4 is 27.5 Å². The van der Waals surface area contributed by atoms with Crippen LogP contribution >= 0.6 is 15.9 Å². The van der Waals surface area contributed by atoms with Gasteiger partial charge < -0.3 is 10.1 Å². The summed E-state index contributed by atoms with van der Waals surface area (Å²) in [4.78, 5) is 11.8. The van der Waals surface area contributed by atoms with Gasteiger partial charge in [0.2, 0.25) is 0 Å². The molecule has 0 saturated carbocycles. The van der Waals surface area contributed by atoms with Crippen molar-refractivity contribution in [2.75, 3.05) is 12.4 Å². The van der Waals surface area contributed by atoms with Crippen LogP contribution in [-0.4, -0.2) is 23.2 Å². The molecule has 5 nitrogen and oxygen atoms in total. The molecule has 88 valence electrons. The molecule has 0 unspecified atom stereocenters. The lowest BCUT2D eigenvalue weighted by molar-refractivity contribution is 0.102. The van der Waals surface area contributed by atoms with Gasteiger partial charge in [0.1, 0.15) is 5.75 Å². The van der Waals surface area contributed by atoms with Crippen molar-refractivity contribution in [3.05, 3.63) is 40.6 Å². The van der Waals surface area contributed by atoms with Crippen molar-refractivity contribution in [2.45, 2.75) is 0 Å². The quantitative estimate of drug-likeness (QED) is 0.914. The number of ether oxygens (including phenoxy) is 1. The topological polar surface area (TPSA) is 67.0 Å². The minimum absolute atomic E-state index is 0.199. The summed E-state index contributed by atoms with van der Waals surface area (Å²) in [5.41, 5.74) is 1.17. The molecule has 1 heterocycles. The Labute approximate surface area is 106 Å². The van der Waals surface area contributed by atoms with Crippen LogP contribution in [0.2, 0.25) is 0 Å². The Morgan fingerprint density at radius 2 is 2.35 bits per heavy atom. The highest BCUT2D eigenvalue weighted by atomic mass is 79.9. The maximum Gasteiger partial charge on any atom is 0.255 e. The van der Waals surface area contributed by atoms with Gasteiger partial charge in [0.15, 0.2) is 0 Å². The number of anilines is 1. The van der Waals surface area contributed by atoms with E-state index in [1.165, 1.54) is 6.20 Å². The Morgan fingerprint density at radius 3 is 2.94 bits per heavy atom. The standard InChI is InChI=1S/C11H10BrN3O2/c1-17-10-3-2-7(4-9(10)12)11(16)15-8-5-13-14-6-8/h2-6H,1H3,(H,13,14)(H,15,16). The number of hydrogen-bond donors (Lipinski definition) is 2. The number of methoxy groups -OCH3 is 1. The molecule has 0 aliphatic heterocycles. The van der Waals surface area contributed by atoms with Crippen LogP contribution in [0.15, 0.2) is 35.1 Å². The molecule has 17 heavy (non-hydrogen) atoms. The predicted octanol–water partition coefficient (Wildman–Crippen LogP) is 2.43. The van der Waals surface area contributed by atoms with Crippen LogP contribution in [0.3, 0.4) is 0 Å². The molecule has 2 N–H and O–H groups in total. The van der Waals surface area contributed by atoms with Crippen LogP contribution in [0.25, 0.3) is 0 Å². The van der Waals surface area contributed by atoms with Crippen molar-refractivity contribution in [1.82, 2.24) is 10.2 Å². The van der Waals surface area contributed by atoms with E-state index < -0.39 is 0 Å².